The van der Waals surface area contributed by atoms with Crippen LogP contribution in [0.25, 0.3) is 0 Å². The number of carbonyl (C=O) groups excluding carboxylic acids is 2. The van der Waals surface area contributed by atoms with Crippen molar-refractivity contribution < 1.29 is 24.4 Å². The van der Waals surface area contributed by atoms with E-state index in [9.17, 15) is 29.6 Å². The highest BCUT2D eigenvalue weighted by atomic mass is 16.6. The summed E-state index contributed by atoms with van der Waals surface area (Å²) in [6.45, 7) is 3.87. The second-order valence-corrected chi connectivity index (χ2v) is 7.76. The number of amides is 2. The van der Waals surface area contributed by atoms with Crippen LogP contribution in [0, 0.1) is 10.1 Å². The van der Waals surface area contributed by atoms with Crippen LogP contribution >= 0.6 is 0 Å². The van der Waals surface area contributed by atoms with Gasteiger partial charge < -0.3 is 19.8 Å². The molecule has 2 aliphatic heterocycles. The van der Waals surface area contributed by atoms with Crippen molar-refractivity contribution in [2.24, 2.45) is 0 Å². The molecule has 0 aromatic heterocycles. The van der Waals surface area contributed by atoms with Crippen LogP contribution in [0.4, 0.5) is 5.69 Å². The highest BCUT2D eigenvalue weighted by Crippen LogP contribution is 2.23. The Morgan fingerprint density at radius 1 is 1.13 bits per heavy atom. The summed E-state index contributed by atoms with van der Waals surface area (Å²) in [6, 6.07) is 3.97. The minimum Gasteiger partial charge on any atom is -0.480 e. The minimum absolute atomic E-state index is 0.112. The van der Waals surface area contributed by atoms with Gasteiger partial charge in [0, 0.05) is 38.7 Å². The number of benzene rings is 1. The molecule has 2 fully saturated rings. The number of nitro groups is 1. The summed E-state index contributed by atoms with van der Waals surface area (Å²) in [4.78, 5) is 52.8. The van der Waals surface area contributed by atoms with Crippen molar-refractivity contribution in [3.05, 3.63) is 39.9 Å². The molecule has 1 N–H and O–H groups in total. The molecule has 30 heavy (non-hydrogen) atoms. The molecule has 2 atom stereocenters. The zero-order valence-electron chi connectivity index (χ0n) is 16.9. The van der Waals surface area contributed by atoms with E-state index in [1.54, 1.807) is 11.0 Å². The van der Waals surface area contributed by atoms with Crippen LogP contribution in [-0.2, 0) is 20.8 Å². The maximum Gasteiger partial charge on any atom is 0.328 e. The van der Waals surface area contributed by atoms with Gasteiger partial charge in [0.05, 0.1) is 17.4 Å². The van der Waals surface area contributed by atoms with Gasteiger partial charge in [-0.25, -0.2) is 4.79 Å². The average Bonchev–Trinajstić information content (AvgIpc) is 3.20. The summed E-state index contributed by atoms with van der Waals surface area (Å²) >= 11 is 0. The van der Waals surface area contributed by atoms with Crippen LogP contribution in [-0.4, -0.2) is 87.3 Å². The van der Waals surface area contributed by atoms with Gasteiger partial charge in [-0.3, -0.25) is 19.7 Å². The SMILES string of the molecule is CC(=O)N1CCN(C(=O)Cc2cccc([N+](=O)[O-])c2)C(C(=O)O)C1CN1CCCC1. The molecule has 0 radical (unpaired) electrons. The van der Waals surface area contributed by atoms with Crippen LogP contribution in [0.15, 0.2) is 24.3 Å². The van der Waals surface area contributed by atoms with E-state index >= 15 is 0 Å². The smallest absolute Gasteiger partial charge is 0.328 e. The lowest BCUT2D eigenvalue weighted by Gasteiger charge is -2.46. The molecule has 2 saturated heterocycles. The topological polar surface area (TPSA) is 124 Å². The van der Waals surface area contributed by atoms with Gasteiger partial charge in [-0.15, -0.1) is 0 Å². The number of aliphatic carboxylic acids is 1. The van der Waals surface area contributed by atoms with Crippen molar-refractivity contribution in [1.29, 1.82) is 0 Å². The van der Waals surface area contributed by atoms with Crippen molar-refractivity contribution in [1.82, 2.24) is 14.7 Å². The number of carboxylic acid groups (broad SMARTS) is 1. The second-order valence-electron chi connectivity index (χ2n) is 7.76. The van der Waals surface area contributed by atoms with E-state index in [4.69, 9.17) is 0 Å². The van der Waals surface area contributed by atoms with E-state index in [1.165, 1.54) is 30.0 Å². The molecule has 0 saturated carbocycles. The zero-order chi connectivity index (χ0) is 21.8. The third-order valence-electron chi connectivity index (χ3n) is 5.78. The van der Waals surface area contributed by atoms with Crippen molar-refractivity contribution in [2.45, 2.75) is 38.3 Å². The van der Waals surface area contributed by atoms with E-state index in [1.807, 2.05) is 0 Å². The van der Waals surface area contributed by atoms with Crippen molar-refractivity contribution in [3.63, 3.8) is 0 Å². The quantitative estimate of drug-likeness (QED) is 0.534. The van der Waals surface area contributed by atoms with Gasteiger partial charge in [0.25, 0.3) is 5.69 Å². The second kappa shape index (κ2) is 9.21. The Morgan fingerprint density at radius 3 is 2.40 bits per heavy atom. The first-order chi connectivity index (χ1) is 14.3. The van der Waals surface area contributed by atoms with Gasteiger partial charge in [-0.1, -0.05) is 12.1 Å². The fourth-order valence-corrected chi connectivity index (χ4v) is 4.35. The Hall–Kier alpha value is -3.01. The number of piperazine rings is 1. The normalized spacial score (nSPS) is 22.2. The summed E-state index contributed by atoms with van der Waals surface area (Å²) in [7, 11) is 0. The highest BCUT2D eigenvalue weighted by Gasteiger charge is 2.45. The van der Waals surface area contributed by atoms with Crippen LogP contribution in [0.5, 0.6) is 0 Å². The first-order valence-corrected chi connectivity index (χ1v) is 10.0. The molecule has 1 aromatic rings. The van der Waals surface area contributed by atoms with Gasteiger partial charge in [-0.2, -0.15) is 0 Å². The summed E-state index contributed by atoms with van der Waals surface area (Å²) < 4.78 is 0. The third kappa shape index (κ3) is 4.76. The number of hydrogen-bond acceptors (Lipinski definition) is 6. The Kier molecular flexibility index (Phi) is 6.66. The molecule has 2 aliphatic rings. The standard InChI is InChI=1S/C20H26N4O6/c1-14(25)22-9-10-23(18(26)12-15-5-4-6-16(11-15)24(29)30)19(20(27)28)17(22)13-21-7-2-3-8-21/h4-6,11,17,19H,2-3,7-10,12-13H2,1H3,(H,27,28). The van der Waals surface area contributed by atoms with Gasteiger partial charge in [0.2, 0.25) is 11.8 Å². The van der Waals surface area contributed by atoms with E-state index in [0.717, 1.165) is 25.9 Å². The highest BCUT2D eigenvalue weighted by molar-refractivity contribution is 5.87. The summed E-state index contributed by atoms with van der Waals surface area (Å²) in [5, 5.41) is 20.9. The largest absolute Gasteiger partial charge is 0.480 e. The molecule has 2 unspecified atom stereocenters. The first-order valence-electron chi connectivity index (χ1n) is 10.0. The van der Waals surface area contributed by atoms with Gasteiger partial charge in [-0.05, 0) is 31.5 Å². The summed E-state index contributed by atoms with van der Waals surface area (Å²) in [6.07, 6.45) is 1.92. The monoisotopic (exact) mass is 418 g/mol. The fraction of sp³-hybridized carbons (Fsp3) is 0.550. The molecule has 3 rings (SSSR count). The van der Waals surface area contributed by atoms with E-state index < -0.39 is 28.9 Å². The molecule has 162 valence electrons. The van der Waals surface area contributed by atoms with Crippen LogP contribution in [0.3, 0.4) is 0 Å². The lowest BCUT2D eigenvalue weighted by Crippen LogP contribution is -2.67. The third-order valence-corrected chi connectivity index (χ3v) is 5.78. The molecule has 0 aliphatic carbocycles. The summed E-state index contributed by atoms with van der Waals surface area (Å²) in [5.41, 5.74) is 0.326. The lowest BCUT2D eigenvalue weighted by atomic mass is 9.98. The summed E-state index contributed by atoms with van der Waals surface area (Å²) in [5.74, 6) is -1.79. The van der Waals surface area contributed by atoms with Crippen LogP contribution in [0.1, 0.15) is 25.3 Å². The lowest BCUT2D eigenvalue weighted by molar-refractivity contribution is -0.384. The zero-order valence-corrected chi connectivity index (χ0v) is 16.9. The molecule has 10 heteroatoms. The van der Waals surface area contributed by atoms with E-state index in [2.05, 4.69) is 4.90 Å². The number of nitro benzene ring substituents is 1. The maximum atomic E-state index is 13.0. The number of carbonyl (C=O) groups is 3. The van der Waals surface area contributed by atoms with Gasteiger partial charge in [0.15, 0.2) is 6.04 Å². The maximum absolute atomic E-state index is 13.0. The minimum atomic E-state index is -1.16. The molecule has 1 aromatic carbocycles. The Bertz CT molecular complexity index is 838. The predicted molar refractivity (Wildman–Crippen MR) is 107 cm³/mol. The number of rotatable bonds is 6. The Labute approximate surface area is 174 Å². The first kappa shape index (κ1) is 21.7. The fourth-order valence-electron chi connectivity index (χ4n) is 4.35. The molecule has 0 bridgehead atoms. The van der Waals surface area contributed by atoms with Gasteiger partial charge >= 0.3 is 5.97 Å². The number of nitrogens with zero attached hydrogens (tertiary/aromatic N) is 4. The average molecular weight is 418 g/mol. The number of carboxylic acids is 1. The number of likely N-dealkylation sites (tertiary alicyclic amines) is 1. The van der Waals surface area contributed by atoms with Crippen LogP contribution in [0.2, 0.25) is 0 Å². The molecular weight excluding hydrogens is 392 g/mol. The van der Waals surface area contributed by atoms with Gasteiger partial charge in [0.1, 0.15) is 0 Å². The van der Waals surface area contributed by atoms with Crippen LogP contribution < -0.4 is 0 Å². The number of non-ortho nitro benzene ring substituents is 1. The van der Waals surface area contributed by atoms with E-state index in [-0.39, 0.29) is 31.1 Å². The Balaban J connectivity index is 1.82. The predicted octanol–water partition coefficient (Wildman–Crippen LogP) is 0.746. The Morgan fingerprint density at radius 2 is 1.80 bits per heavy atom. The molecule has 10 nitrogen and oxygen atoms in total. The molecule has 0 spiro atoms. The number of hydrogen-bond donors (Lipinski definition) is 1. The molecule has 2 amide bonds. The van der Waals surface area contributed by atoms with Crippen molar-refractivity contribution in [2.75, 3.05) is 32.7 Å². The molecule has 2 heterocycles. The van der Waals surface area contributed by atoms with Crippen molar-refractivity contribution in [3.8, 4) is 0 Å². The van der Waals surface area contributed by atoms with E-state index in [0.29, 0.717) is 12.1 Å². The molecular formula is C20H26N4O6. The van der Waals surface area contributed by atoms with Crippen molar-refractivity contribution >= 4 is 23.5 Å².